The maximum absolute atomic E-state index is 6.57. The van der Waals surface area contributed by atoms with Crippen LogP contribution < -0.4 is 5.73 Å². The van der Waals surface area contributed by atoms with Crippen molar-refractivity contribution in [2.75, 3.05) is 13.1 Å². The predicted molar refractivity (Wildman–Crippen MR) is 81.5 cm³/mol. The maximum Gasteiger partial charge on any atom is 0.0834 e. The summed E-state index contributed by atoms with van der Waals surface area (Å²) < 4.78 is 1.91. The van der Waals surface area contributed by atoms with Gasteiger partial charge in [-0.1, -0.05) is 32.4 Å². The molecule has 1 aromatic rings. The lowest BCUT2D eigenvalue weighted by molar-refractivity contribution is 0.0814. The van der Waals surface area contributed by atoms with Gasteiger partial charge in [0, 0.05) is 12.1 Å². The molecule has 19 heavy (non-hydrogen) atoms. The van der Waals surface area contributed by atoms with Gasteiger partial charge in [-0.25, -0.2) is 0 Å². The number of nitrogens with zero attached hydrogens (tertiary/aromatic N) is 3. The van der Waals surface area contributed by atoms with Crippen LogP contribution >= 0.6 is 11.6 Å². The highest BCUT2D eigenvalue weighted by Gasteiger charge is 2.38. The molecule has 0 saturated carbocycles. The Labute approximate surface area is 121 Å². The van der Waals surface area contributed by atoms with E-state index in [0.717, 1.165) is 31.7 Å². The molecule has 0 saturated heterocycles. The minimum Gasteiger partial charge on any atom is -0.321 e. The van der Waals surface area contributed by atoms with E-state index in [-0.39, 0.29) is 11.6 Å². The second-order valence-corrected chi connectivity index (χ2v) is 5.46. The van der Waals surface area contributed by atoms with Gasteiger partial charge in [0.15, 0.2) is 0 Å². The van der Waals surface area contributed by atoms with Gasteiger partial charge in [0.2, 0.25) is 0 Å². The summed E-state index contributed by atoms with van der Waals surface area (Å²) in [7, 11) is 0. The summed E-state index contributed by atoms with van der Waals surface area (Å²) in [6.45, 7) is 13.5. The molecule has 0 fully saturated rings. The molecule has 110 valence electrons. The van der Waals surface area contributed by atoms with Crippen LogP contribution in [0.4, 0.5) is 0 Å². The van der Waals surface area contributed by atoms with E-state index in [4.69, 9.17) is 17.3 Å². The van der Waals surface area contributed by atoms with E-state index >= 15 is 0 Å². The van der Waals surface area contributed by atoms with E-state index in [2.05, 4.69) is 44.6 Å². The SMILES string of the molecule is CCN(CC)C(C)(CC)C(N)c1c(Cl)cnn1CC. The van der Waals surface area contributed by atoms with E-state index in [1.165, 1.54) is 0 Å². The number of aromatic nitrogens is 2. The fourth-order valence-corrected chi connectivity index (χ4v) is 3.07. The monoisotopic (exact) mass is 286 g/mol. The molecule has 0 aliphatic carbocycles. The molecule has 0 radical (unpaired) electrons. The minimum atomic E-state index is -0.146. The molecule has 0 amide bonds. The molecule has 1 heterocycles. The lowest BCUT2D eigenvalue weighted by atomic mass is 9.85. The van der Waals surface area contributed by atoms with Crippen LogP contribution in [0, 0.1) is 0 Å². The second kappa shape index (κ2) is 6.73. The van der Waals surface area contributed by atoms with Crippen LogP contribution in [0.2, 0.25) is 5.02 Å². The van der Waals surface area contributed by atoms with Crippen LogP contribution in [0.3, 0.4) is 0 Å². The third-order valence-electron chi connectivity index (χ3n) is 4.30. The summed E-state index contributed by atoms with van der Waals surface area (Å²) in [4.78, 5) is 2.40. The van der Waals surface area contributed by atoms with Crippen molar-refractivity contribution in [3.8, 4) is 0 Å². The van der Waals surface area contributed by atoms with Crippen molar-refractivity contribution in [2.45, 2.75) is 59.2 Å². The number of halogens is 1. The molecule has 1 aromatic heterocycles. The Bertz CT molecular complexity index is 400. The number of hydrogen-bond donors (Lipinski definition) is 1. The van der Waals surface area contributed by atoms with Crippen molar-refractivity contribution in [3.05, 3.63) is 16.9 Å². The van der Waals surface area contributed by atoms with E-state index in [0.29, 0.717) is 5.02 Å². The van der Waals surface area contributed by atoms with E-state index in [1.54, 1.807) is 6.20 Å². The van der Waals surface area contributed by atoms with E-state index in [9.17, 15) is 0 Å². The number of rotatable bonds is 7. The summed E-state index contributed by atoms with van der Waals surface area (Å²) in [5.74, 6) is 0. The smallest absolute Gasteiger partial charge is 0.0834 e. The van der Waals surface area contributed by atoms with Crippen LogP contribution in [0.5, 0.6) is 0 Å². The van der Waals surface area contributed by atoms with Gasteiger partial charge in [-0.3, -0.25) is 9.58 Å². The molecular formula is C14H27ClN4. The van der Waals surface area contributed by atoms with Crippen molar-refractivity contribution in [1.82, 2.24) is 14.7 Å². The van der Waals surface area contributed by atoms with Crippen LogP contribution in [-0.4, -0.2) is 33.3 Å². The third kappa shape index (κ3) is 2.96. The van der Waals surface area contributed by atoms with Gasteiger partial charge in [-0.2, -0.15) is 5.10 Å². The molecule has 0 aromatic carbocycles. The van der Waals surface area contributed by atoms with E-state index < -0.39 is 0 Å². The van der Waals surface area contributed by atoms with E-state index in [1.807, 2.05) is 4.68 Å². The molecule has 0 spiro atoms. The maximum atomic E-state index is 6.57. The Morgan fingerprint density at radius 2 is 1.95 bits per heavy atom. The largest absolute Gasteiger partial charge is 0.321 e. The Balaban J connectivity index is 3.20. The number of likely N-dealkylation sites (N-methyl/N-ethyl adjacent to an activating group) is 1. The highest BCUT2D eigenvalue weighted by molar-refractivity contribution is 6.31. The van der Waals surface area contributed by atoms with Gasteiger partial charge in [0.05, 0.1) is 23.0 Å². The summed E-state index contributed by atoms with van der Waals surface area (Å²) in [6, 6.07) is -0.146. The average Bonchev–Trinajstić information content (AvgIpc) is 2.79. The zero-order valence-corrected chi connectivity index (χ0v) is 13.5. The van der Waals surface area contributed by atoms with Crippen molar-refractivity contribution in [3.63, 3.8) is 0 Å². The zero-order chi connectivity index (χ0) is 14.6. The normalized spacial score (nSPS) is 16.6. The van der Waals surface area contributed by atoms with Crippen molar-refractivity contribution in [1.29, 1.82) is 0 Å². The first-order valence-electron chi connectivity index (χ1n) is 7.17. The van der Waals surface area contributed by atoms with Crippen molar-refractivity contribution >= 4 is 11.6 Å². The van der Waals surface area contributed by atoms with Crippen LogP contribution in [0.1, 0.15) is 52.8 Å². The Morgan fingerprint density at radius 3 is 2.37 bits per heavy atom. The molecule has 2 N–H and O–H groups in total. The van der Waals surface area contributed by atoms with Crippen LogP contribution in [0.15, 0.2) is 6.20 Å². The number of aryl methyl sites for hydroxylation is 1. The molecular weight excluding hydrogens is 260 g/mol. The lowest BCUT2D eigenvalue weighted by Gasteiger charge is -2.44. The number of nitrogens with two attached hydrogens (primary N) is 1. The average molecular weight is 287 g/mol. The van der Waals surface area contributed by atoms with Gasteiger partial charge in [0.1, 0.15) is 0 Å². The molecule has 0 aliphatic heterocycles. The topological polar surface area (TPSA) is 47.1 Å². The Hall–Kier alpha value is -0.580. The predicted octanol–water partition coefficient (Wildman–Crippen LogP) is 3.07. The van der Waals surface area contributed by atoms with Gasteiger partial charge in [-0.05, 0) is 33.4 Å². The highest BCUT2D eigenvalue weighted by atomic mass is 35.5. The second-order valence-electron chi connectivity index (χ2n) is 5.05. The van der Waals surface area contributed by atoms with Gasteiger partial charge in [0.25, 0.3) is 0 Å². The quantitative estimate of drug-likeness (QED) is 0.838. The molecule has 0 bridgehead atoms. The lowest BCUT2D eigenvalue weighted by Crippen LogP contribution is -2.53. The summed E-state index contributed by atoms with van der Waals surface area (Å²) >= 11 is 6.29. The first kappa shape index (κ1) is 16.5. The van der Waals surface area contributed by atoms with Gasteiger partial charge < -0.3 is 5.73 Å². The Kier molecular flexibility index (Phi) is 5.83. The zero-order valence-electron chi connectivity index (χ0n) is 12.8. The summed E-state index contributed by atoms with van der Waals surface area (Å²) in [5, 5.41) is 4.97. The summed E-state index contributed by atoms with van der Waals surface area (Å²) in [6.07, 6.45) is 2.67. The van der Waals surface area contributed by atoms with Gasteiger partial charge >= 0.3 is 0 Å². The number of hydrogen-bond acceptors (Lipinski definition) is 3. The Morgan fingerprint density at radius 1 is 1.37 bits per heavy atom. The fraction of sp³-hybridized carbons (Fsp3) is 0.786. The van der Waals surface area contributed by atoms with Crippen LogP contribution in [-0.2, 0) is 6.54 Å². The molecule has 2 atom stereocenters. The summed E-state index contributed by atoms with van der Waals surface area (Å²) in [5.41, 5.74) is 7.40. The van der Waals surface area contributed by atoms with Crippen LogP contribution in [0.25, 0.3) is 0 Å². The fourth-order valence-electron chi connectivity index (χ4n) is 2.81. The molecule has 1 rings (SSSR count). The minimum absolute atomic E-state index is 0.111. The molecule has 0 aliphatic rings. The molecule has 4 nitrogen and oxygen atoms in total. The standard InChI is InChI=1S/C14H27ClN4/c1-6-14(5,18(7-2)8-3)13(16)12-11(15)10-17-19(12)9-4/h10,13H,6-9,16H2,1-5H3. The third-order valence-corrected chi connectivity index (χ3v) is 4.59. The first-order chi connectivity index (χ1) is 8.96. The van der Waals surface area contributed by atoms with Gasteiger partial charge in [-0.15, -0.1) is 0 Å². The first-order valence-corrected chi connectivity index (χ1v) is 7.55. The molecule has 5 heteroatoms. The van der Waals surface area contributed by atoms with Crippen molar-refractivity contribution < 1.29 is 0 Å². The van der Waals surface area contributed by atoms with Crippen molar-refractivity contribution in [2.24, 2.45) is 5.73 Å². The highest BCUT2D eigenvalue weighted by Crippen LogP contribution is 2.35. The molecule has 2 unspecified atom stereocenters.